The zero-order chi connectivity index (χ0) is 15.6. The molecule has 118 valence electrons. The van der Waals surface area contributed by atoms with Crippen LogP contribution in [0.4, 0.5) is 0 Å². The highest BCUT2D eigenvalue weighted by Gasteiger charge is 2.27. The molecule has 2 unspecified atom stereocenters. The number of halogens is 1. The zero-order valence-electron chi connectivity index (χ0n) is 12.4. The molecule has 0 radical (unpaired) electrons. The number of aliphatic hydroxyl groups excluding tert-OH is 1. The van der Waals surface area contributed by atoms with E-state index in [2.05, 4.69) is 0 Å². The third-order valence-electron chi connectivity index (χ3n) is 4.09. The van der Waals surface area contributed by atoms with Crippen molar-refractivity contribution in [2.24, 2.45) is 5.92 Å². The molecule has 0 aliphatic carbocycles. The van der Waals surface area contributed by atoms with Crippen LogP contribution >= 0.6 is 11.6 Å². The predicted octanol–water partition coefficient (Wildman–Crippen LogP) is 2.74. The maximum absolute atomic E-state index is 11.6. The van der Waals surface area contributed by atoms with Gasteiger partial charge in [0.15, 0.2) is 0 Å². The summed E-state index contributed by atoms with van der Waals surface area (Å²) in [6.45, 7) is 3.00. The molecule has 1 aromatic carbocycles. The van der Waals surface area contributed by atoms with Crippen LogP contribution in [-0.4, -0.2) is 37.2 Å². The van der Waals surface area contributed by atoms with E-state index >= 15 is 0 Å². The van der Waals surface area contributed by atoms with Gasteiger partial charge in [0, 0.05) is 18.1 Å². The minimum absolute atomic E-state index is 0.184. The Hall–Kier alpha value is -0.620. The number of aliphatic hydroxyl groups is 1. The van der Waals surface area contributed by atoms with E-state index in [-0.39, 0.29) is 5.92 Å². The molecule has 1 aliphatic heterocycles. The van der Waals surface area contributed by atoms with Crippen molar-refractivity contribution in [3.63, 3.8) is 0 Å². The molecule has 0 amide bonds. The molecule has 0 spiro atoms. The Morgan fingerprint density at radius 1 is 1.48 bits per heavy atom. The molecular weight excluding hydrogens is 310 g/mol. The van der Waals surface area contributed by atoms with Crippen LogP contribution in [0.1, 0.15) is 36.5 Å². The van der Waals surface area contributed by atoms with Gasteiger partial charge in [-0.05, 0) is 49.3 Å². The molecule has 0 aromatic heterocycles. The molecule has 2 atom stereocenters. The van der Waals surface area contributed by atoms with Gasteiger partial charge in [-0.1, -0.05) is 23.7 Å². The molecule has 1 aliphatic rings. The molecule has 2 rings (SSSR count). The van der Waals surface area contributed by atoms with Crippen molar-refractivity contribution in [1.82, 2.24) is 4.31 Å². The van der Waals surface area contributed by atoms with Gasteiger partial charge in [-0.15, -0.1) is 0 Å². The molecule has 1 fully saturated rings. The molecule has 0 saturated carbocycles. The van der Waals surface area contributed by atoms with E-state index in [1.165, 1.54) is 10.6 Å². The van der Waals surface area contributed by atoms with Gasteiger partial charge < -0.3 is 5.11 Å². The SMILES string of the molecule is Cc1ccc(C(O)CC2CCCN(S(C)(=O)=O)C2)cc1Cl. The lowest BCUT2D eigenvalue weighted by Gasteiger charge is -2.32. The van der Waals surface area contributed by atoms with Crippen LogP contribution in [0, 0.1) is 12.8 Å². The number of nitrogens with zero attached hydrogens (tertiary/aromatic N) is 1. The van der Waals surface area contributed by atoms with Gasteiger partial charge >= 0.3 is 0 Å². The zero-order valence-corrected chi connectivity index (χ0v) is 14.0. The first-order chi connectivity index (χ1) is 9.77. The van der Waals surface area contributed by atoms with Crippen LogP contribution in [0.5, 0.6) is 0 Å². The first-order valence-electron chi connectivity index (χ1n) is 7.16. The van der Waals surface area contributed by atoms with Crippen molar-refractivity contribution in [2.45, 2.75) is 32.3 Å². The van der Waals surface area contributed by atoms with Crippen LogP contribution in [0.25, 0.3) is 0 Å². The Labute approximate surface area is 131 Å². The van der Waals surface area contributed by atoms with Crippen molar-refractivity contribution >= 4 is 21.6 Å². The van der Waals surface area contributed by atoms with Crippen molar-refractivity contribution in [2.75, 3.05) is 19.3 Å². The molecule has 1 N–H and O–H groups in total. The van der Waals surface area contributed by atoms with Gasteiger partial charge in [0.25, 0.3) is 0 Å². The number of piperidine rings is 1. The standard InChI is InChI=1S/C15H22ClNO3S/c1-11-5-6-13(9-14(11)16)15(18)8-12-4-3-7-17(10-12)21(2,19)20/h5-6,9,12,15,18H,3-4,7-8,10H2,1-2H3. The van der Waals surface area contributed by atoms with Crippen molar-refractivity contribution in [3.05, 3.63) is 34.3 Å². The highest BCUT2D eigenvalue weighted by atomic mass is 35.5. The average Bonchev–Trinajstić information content (AvgIpc) is 2.41. The largest absolute Gasteiger partial charge is 0.388 e. The van der Waals surface area contributed by atoms with Gasteiger partial charge in [0.2, 0.25) is 10.0 Å². The number of aryl methyl sites for hydroxylation is 1. The van der Waals surface area contributed by atoms with E-state index < -0.39 is 16.1 Å². The Morgan fingerprint density at radius 2 is 2.19 bits per heavy atom. The normalized spacial score (nSPS) is 22.2. The summed E-state index contributed by atoms with van der Waals surface area (Å²) < 4.78 is 24.7. The highest BCUT2D eigenvalue weighted by Crippen LogP contribution is 2.30. The van der Waals surface area contributed by atoms with Crippen molar-refractivity contribution < 1.29 is 13.5 Å². The Morgan fingerprint density at radius 3 is 2.81 bits per heavy atom. The summed E-state index contributed by atoms with van der Waals surface area (Å²) in [4.78, 5) is 0. The summed E-state index contributed by atoms with van der Waals surface area (Å²) in [7, 11) is -3.14. The first-order valence-corrected chi connectivity index (χ1v) is 9.39. The quantitative estimate of drug-likeness (QED) is 0.923. The van der Waals surface area contributed by atoms with Gasteiger partial charge in [-0.3, -0.25) is 0 Å². The average molecular weight is 332 g/mol. The maximum atomic E-state index is 11.6. The number of sulfonamides is 1. The van der Waals surface area contributed by atoms with Gasteiger partial charge in [-0.25, -0.2) is 12.7 Å². The van der Waals surface area contributed by atoms with Crippen molar-refractivity contribution in [1.29, 1.82) is 0 Å². The van der Waals surface area contributed by atoms with E-state index in [9.17, 15) is 13.5 Å². The number of rotatable bonds is 4. The lowest BCUT2D eigenvalue weighted by Crippen LogP contribution is -2.39. The molecule has 1 heterocycles. The fraction of sp³-hybridized carbons (Fsp3) is 0.600. The molecule has 6 heteroatoms. The second-order valence-electron chi connectivity index (χ2n) is 5.89. The van der Waals surface area contributed by atoms with Gasteiger partial charge in [-0.2, -0.15) is 0 Å². The second-order valence-corrected chi connectivity index (χ2v) is 8.28. The minimum atomic E-state index is -3.14. The van der Waals surface area contributed by atoms with E-state index in [4.69, 9.17) is 11.6 Å². The highest BCUT2D eigenvalue weighted by molar-refractivity contribution is 7.88. The number of benzene rings is 1. The molecule has 1 aromatic rings. The smallest absolute Gasteiger partial charge is 0.211 e. The molecule has 21 heavy (non-hydrogen) atoms. The van der Waals surface area contributed by atoms with Crippen LogP contribution in [0.3, 0.4) is 0 Å². The molecular formula is C15H22ClNO3S. The number of hydrogen-bond donors (Lipinski definition) is 1. The third kappa shape index (κ3) is 4.42. The Bertz CT molecular complexity index is 603. The number of hydrogen-bond acceptors (Lipinski definition) is 3. The summed E-state index contributed by atoms with van der Waals surface area (Å²) in [5.74, 6) is 0.184. The summed E-state index contributed by atoms with van der Waals surface area (Å²) in [6.07, 6.45) is 2.99. The Kier molecular flexibility index (Phi) is 5.30. The van der Waals surface area contributed by atoms with E-state index in [1.54, 1.807) is 6.07 Å². The topological polar surface area (TPSA) is 57.6 Å². The maximum Gasteiger partial charge on any atom is 0.211 e. The lowest BCUT2D eigenvalue weighted by molar-refractivity contribution is 0.123. The summed E-state index contributed by atoms with van der Waals surface area (Å²) in [5, 5.41) is 11.0. The first kappa shape index (κ1) is 16.7. The fourth-order valence-electron chi connectivity index (χ4n) is 2.79. The van der Waals surface area contributed by atoms with Crippen molar-refractivity contribution in [3.8, 4) is 0 Å². The predicted molar refractivity (Wildman–Crippen MR) is 84.9 cm³/mol. The van der Waals surface area contributed by atoms with Crippen LogP contribution < -0.4 is 0 Å². The van der Waals surface area contributed by atoms with E-state index in [0.717, 1.165) is 24.0 Å². The van der Waals surface area contributed by atoms with E-state index in [0.29, 0.717) is 24.5 Å². The van der Waals surface area contributed by atoms with Crippen LogP contribution in [0.15, 0.2) is 18.2 Å². The summed E-state index contributed by atoms with van der Waals surface area (Å²) in [6, 6.07) is 5.56. The Balaban J connectivity index is 2.02. The minimum Gasteiger partial charge on any atom is -0.388 e. The monoisotopic (exact) mass is 331 g/mol. The molecule has 4 nitrogen and oxygen atoms in total. The van der Waals surface area contributed by atoms with E-state index in [1.807, 2.05) is 19.1 Å². The summed E-state index contributed by atoms with van der Waals surface area (Å²) in [5.41, 5.74) is 1.77. The lowest BCUT2D eigenvalue weighted by atomic mass is 9.91. The van der Waals surface area contributed by atoms with Crippen LogP contribution in [0.2, 0.25) is 5.02 Å². The summed E-state index contributed by atoms with van der Waals surface area (Å²) >= 11 is 6.09. The molecule has 0 bridgehead atoms. The van der Waals surface area contributed by atoms with Crippen LogP contribution in [-0.2, 0) is 10.0 Å². The third-order valence-corrected chi connectivity index (χ3v) is 5.76. The second kappa shape index (κ2) is 6.65. The fourth-order valence-corrected chi connectivity index (χ4v) is 3.92. The molecule has 1 saturated heterocycles. The van der Waals surface area contributed by atoms with Gasteiger partial charge in [0.05, 0.1) is 12.4 Å². The van der Waals surface area contributed by atoms with Gasteiger partial charge in [0.1, 0.15) is 0 Å².